The van der Waals surface area contributed by atoms with E-state index in [1.54, 1.807) is 19.2 Å². The van der Waals surface area contributed by atoms with Crippen molar-refractivity contribution in [1.29, 1.82) is 5.26 Å². The molecule has 0 unspecified atom stereocenters. The van der Waals surface area contributed by atoms with Crippen molar-refractivity contribution >= 4 is 0 Å². The van der Waals surface area contributed by atoms with Crippen molar-refractivity contribution in [2.24, 2.45) is 0 Å². The number of hydrogen-bond acceptors (Lipinski definition) is 3. The lowest BCUT2D eigenvalue weighted by atomic mass is 10.1. The number of benzene rings is 2. The van der Waals surface area contributed by atoms with Crippen molar-refractivity contribution in [2.75, 3.05) is 20.3 Å². The lowest BCUT2D eigenvalue weighted by Gasteiger charge is -2.24. The minimum Gasteiger partial charge on any atom is -0.385 e. The highest BCUT2D eigenvalue weighted by Crippen LogP contribution is 2.16. The number of nitriles is 1. The molecule has 5 heteroatoms. The zero-order valence-electron chi connectivity index (χ0n) is 16.7. The Morgan fingerprint density at radius 1 is 1.07 bits per heavy atom. The molecule has 0 aliphatic heterocycles. The molecule has 0 aliphatic rings. The average molecular weight is 391 g/mol. The predicted octanol–water partition coefficient (Wildman–Crippen LogP) is 4.59. The molecular formula is C24H26FN3O. The molecule has 150 valence electrons. The lowest BCUT2D eigenvalue weighted by Crippen LogP contribution is -2.26. The number of rotatable bonds is 10. The summed E-state index contributed by atoms with van der Waals surface area (Å²) in [6.45, 7) is 3.62. The normalized spacial score (nSPS) is 11.0. The van der Waals surface area contributed by atoms with Crippen LogP contribution in [-0.4, -0.2) is 29.7 Å². The molecule has 0 atom stereocenters. The third-order valence-corrected chi connectivity index (χ3v) is 4.91. The molecule has 3 rings (SSSR count). The van der Waals surface area contributed by atoms with Gasteiger partial charge >= 0.3 is 0 Å². The fraction of sp³-hybridized carbons (Fsp3) is 0.292. The maximum atomic E-state index is 13.5. The first-order valence-corrected chi connectivity index (χ1v) is 9.77. The first-order chi connectivity index (χ1) is 14.2. The summed E-state index contributed by atoms with van der Waals surface area (Å²) < 4.78 is 20.9. The van der Waals surface area contributed by atoms with Crippen LogP contribution in [0.25, 0.3) is 0 Å². The van der Waals surface area contributed by atoms with E-state index < -0.39 is 0 Å². The molecule has 0 spiro atoms. The molecule has 0 bridgehead atoms. The van der Waals surface area contributed by atoms with E-state index in [4.69, 9.17) is 4.74 Å². The summed E-state index contributed by atoms with van der Waals surface area (Å²) in [4.78, 5) is 2.33. The summed E-state index contributed by atoms with van der Waals surface area (Å²) in [7, 11) is 1.71. The molecule has 0 N–H and O–H groups in total. The van der Waals surface area contributed by atoms with Crippen LogP contribution in [0.15, 0.2) is 66.9 Å². The molecule has 4 nitrogen and oxygen atoms in total. The van der Waals surface area contributed by atoms with Crippen molar-refractivity contribution < 1.29 is 9.13 Å². The Hall–Kier alpha value is -2.94. The summed E-state index contributed by atoms with van der Waals surface area (Å²) in [6.07, 6.45) is 2.94. The van der Waals surface area contributed by atoms with E-state index in [2.05, 4.69) is 21.6 Å². The van der Waals surface area contributed by atoms with Crippen molar-refractivity contribution in [1.82, 2.24) is 9.47 Å². The minimum atomic E-state index is -0.217. The molecule has 2 aromatic carbocycles. The Morgan fingerprint density at radius 3 is 2.72 bits per heavy atom. The maximum Gasteiger partial charge on any atom is 0.123 e. The molecule has 0 saturated heterocycles. The van der Waals surface area contributed by atoms with E-state index >= 15 is 0 Å². The van der Waals surface area contributed by atoms with Gasteiger partial charge in [0.15, 0.2) is 0 Å². The lowest BCUT2D eigenvalue weighted by molar-refractivity contribution is 0.165. The molecule has 0 saturated carbocycles. The predicted molar refractivity (Wildman–Crippen MR) is 112 cm³/mol. The van der Waals surface area contributed by atoms with Gasteiger partial charge in [0.2, 0.25) is 0 Å². The van der Waals surface area contributed by atoms with E-state index in [9.17, 15) is 9.65 Å². The highest BCUT2D eigenvalue weighted by Gasteiger charge is 2.12. The van der Waals surface area contributed by atoms with E-state index in [0.717, 1.165) is 36.3 Å². The number of hydrogen-bond donors (Lipinski definition) is 0. The highest BCUT2D eigenvalue weighted by molar-refractivity contribution is 5.37. The second kappa shape index (κ2) is 10.6. The molecular weight excluding hydrogens is 365 g/mol. The van der Waals surface area contributed by atoms with Gasteiger partial charge in [-0.3, -0.25) is 4.90 Å². The van der Waals surface area contributed by atoms with Crippen molar-refractivity contribution in [2.45, 2.75) is 26.1 Å². The quantitative estimate of drug-likeness (QED) is 0.475. The molecule has 1 aromatic heterocycles. The topological polar surface area (TPSA) is 41.2 Å². The average Bonchev–Trinajstić information content (AvgIpc) is 3.15. The molecule has 0 amide bonds. The van der Waals surface area contributed by atoms with E-state index in [1.165, 1.54) is 6.07 Å². The van der Waals surface area contributed by atoms with Crippen LogP contribution < -0.4 is 0 Å². The molecule has 3 aromatic rings. The van der Waals surface area contributed by atoms with Gasteiger partial charge < -0.3 is 9.30 Å². The molecule has 0 radical (unpaired) electrons. The van der Waals surface area contributed by atoms with E-state index in [0.29, 0.717) is 25.3 Å². The minimum absolute atomic E-state index is 0.217. The van der Waals surface area contributed by atoms with Crippen molar-refractivity contribution in [3.8, 4) is 6.07 Å². The zero-order valence-corrected chi connectivity index (χ0v) is 16.7. The van der Waals surface area contributed by atoms with Crippen molar-refractivity contribution in [3.63, 3.8) is 0 Å². The van der Waals surface area contributed by atoms with Crippen LogP contribution >= 0.6 is 0 Å². The number of aromatic nitrogens is 1. The van der Waals surface area contributed by atoms with Crippen LogP contribution in [0, 0.1) is 17.1 Å². The first kappa shape index (κ1) is 20.8. The van der Waals surface area contributed by atoms with Crippen LogP contribution in [0.1, 0.15) is 28.8 Å². The van der Waals surface area contributed by atoms with E-state index in [-0.39, 0.29) is 5.82 Å². The largest absolute Gasteiger partial charge is 0.385 e. The Kier molecular flexibility index (Phi) is 7.57. The van der Waals surface area contributed by atoms with Crippen LogP contribution in [0.5, 0.6) is 0 Å². The number of ether oxygens (including phenoxy) is 1. The van der Waals surface area contributed by atoms with Gasteiger partial charge in [-0.2, -0.15) is 5.26 Å². The van der Waals surface area contributed by atoms with Gasteiger partial charge in [0.05, 0.1) is 11.6 Å². The zero-order chi connectivity index (χ0) is 20.5. The van der Waals surface area contributed by atoms with E-state index in [1.807, 2.05) is 42.6 Å². The second-order valence-corrected chi connectivity index (χ2v) is 7.08. The Balaban J connectivity index is 1.76. The molecule has 0 fully saturated rings. The van der Waals surface area contributed by atoms with Gasteiger partial charge in [-0.25, -0.2) is 4.39 Å². The van der Waals surface area contributed by atoms with Gasteiger partial charge in [0, 0.05) is 51.8 Å². The number of halogens is 1. The standard InChI is InChI=1S/C24H26FN3O/c1-29-14-6-12-27(18-22-9-3-2-8-21(22)16-26)19-24-11-5-13-28(24)17-20-7-4-10-23(25)15-20/h2-5,7-11,13,15H,6,12,14,17-19H2,1H3. The summed E-state index contributed by atoms with van der Waals surface area (Å²) >= 11 is 0. The fourth-order valence-corrected chi connectivity index (χ4v) is 3.46. The molecule has 0 aliphatic carbocycles. The SMILES string of the molecule is COCCCN(Cc1ccccc1C#N)Cc1cccn1Cc1cccc(F)c1. The van der Waals surface area contributed by atoms with Gasteiger partial charge in [0.25, 0.3) is 0 Å². The maximum absolute atomic E-state index is 13.5. The van der Waals surface area contributed by atoms with Crippen LogP contribution in [0.2, 0.25) is 0 Å². The van der Waals surface area contributed by atoms with Crippen LogP contribution in [-0.2, 0) is 24.4 Å². The van der Waals surface area contributed by atoms with Crippen LogP contribution in [0.3, 0.4) is 0 Å². The molecule has 29 heavy (non-hydrogen) atoms. The summed E-state index contributed by atoms with van der Waals surface area (Å²) in [5.41, 5.74) is 3.82. The Labute approximate surface area is 171 Å². The fourth-order valence-electron chi connectivity index (χ4n) is 3.46. The highest BCUT2D eigenvalue weighted by atomic mass is 19.1. The van der Waals surface area contributed by atoms with Gasteiger partial charge in [0.1, 0.15) is 5.82 Å². The summed E-state index contributed by atoms with van der Waals surface area (Å²) in [5.74, 6) is -0.217. The summed E-state index contributed by atoms with van der Waals surface area (Å²) in [6, 6.07) is 20.8. The van der Waals surface area contributed by atoms with Gasteiger partial charge in [-0.05, 0) is 47.9 Å². The number of methoxy groups -OCH3 is 1. The second-order valence-electron chi connectivity index (χ2n) is 7.08. The van der Waals surface area contributed by atoms with Gasteiger partial charge in [-0.1, -0.05) is 30.3 Å². The van der Waals surface area contributed by atoms with Gasteiger partial charge in [-0.15, -0.1) is 0 Å². The third kappa shape index (κ3) is 6.02. The smallest absolute Gasteiger partial charge is 0.123 e. The van der Waals surface area contributed by atoms with Crippen molar-refractivity contribution in [3.05, 3.63) is 95.1 Å². The first-order valence-electron chi connectivity index (χ1n) is 9.77. The molecule has 1 heterocycles. The van der Waals surface area contributed by atoms with Crippen LogP contribution in [0.4, 0.5) is 4.39 Å². The third-order valence-electron chi connectivity index (χ3n) is 4.91. The number of nitrogens with zero attached hydrogens (tertiary/aromatic N) is 3. The Morgan fingerprint density at radius 2 is 1.93 bits per heavy atom. The summed E-state index contributed by atoms with van der Waals surface area (Å²) in [5, 5.41) is 9.41. The Bertz CT molecular complexity index is 961. The monoisotopic (exact) mass is 391 g/mol.